The largest absolute Gasteiger partial charge is 0.401 e. The summed E-state index contributed by atoms with van der Waals surface area (Å²) in [6, 6.07) is 6.25. The molecule has 1 fully saturated rings. The van der Waals surface area contributed by atoms with Gasteiger partial charge in [0.15, 0.2) is 5.96 Å². The van der Waals surface area contributed by atoms with Crippen LogP contribution in [0.5, 0.6) is 0 Å². The van der Waals surface area contributed by atoms with E-state index < -0.39 is 22.7 Å². The van der Waals surface area contributed by atoms with Crippen LogP contribution in [0.1, 0.15) is 18.9 Å². The Kier molecular flexibility index (Phi) is 7.67. The maximum atomic E-state index is 12.5. The third kappa shape index (κ3) is 6.95. The van der Waals surface area contributed by atoms with Gasteiger partial charge in [-0.1, -0.05) is 12.1 Å². The fourth-order valence-corrected chi connectivity index (χ4v) is 3.65. The summed E-state index contributed by atoms with van der Waals surface area (Å²) >= 11 is 0. The molecule has 1 unspecified atom stereocenters. The average molecular weight is 421 g/mol. The molecule has 2 rings (SSSR count). The second-order valence-corrected chi connectivity index (χ2v) is 8.41. The van der Waals surface area contributed by atoms with Crippen molar-refractivity contribution >= 4 is 16.0 Å². The van der Waals surface area contributed by atoms with Crippen molar-refractivity contribution in [2.75, 3.05) is 33.2 Å². The molecule has 1 atom stereocenters. The number of aliphatic imine (C=N–C) groups is 1. The normalized spacial score (nSPS) is 19.0. The van der Waals surface area contributed by atoms with E-state index in [1.807, 2.05) is 6.92 Å². The van der Waals surface area contributed by atoms with Gasteiger partial charge in [-0.3, -0.25) is 4.90 Å². The van der Waals surface area contributed by atoms with Gasteiger partial charge in [-0.2, -0.15) is 13.2 Å². The lowest BCUT2D eigenvalue weighted by molar-refractivity contribution is -0.143. The molecule has 0 saturated carbocycles. The monoisotopic (exact) mass is 421 g/mol. The molecule has 0 spiro atoms. The van der Waals surface area contributed by atoms with Gasteiger partial charge >= 0.3 is 6.18 Å². The smallest absolute Gasteiger partial charge is 0.357 e. The molecular weight excluding hydrogens is 395 g/mol. The molecule has 1 heterocycles. The van der Waals surface area contributed by atoms with Crippen LogP contribution in [0.4, 0.5) is 13.2 Å². The van der Waals surface area contributed by atoms with Gasteiger partial charge in [0.05, 0.1) is 18.0 Å². The molecule has 1 aliphatic rings. The van der Waals surface area contributed by atoms with Crippen molar-refractivity contribution in [2.45, 2.75) is 37.0 Å². The maximum Gasteiger partial charge on any atom is 0.401 e. The van der Waals surface area contributed by atoms with Crippen LogP contribution >= 0.6 is 0 Å². The van der Waals surface area contributed by atoms with Crippen molar-refractivity contribution in [3.63, 3.8) is 0 Å². The molecule has 3 N–H and O–H groups in total. The zero-order chi connectivity index (χ0) is 20.8. The number of nitrogens with zero attached hydrogens (tertiary/aromatic N) is 2. The number of sulfonamides is 1. The molecule has 0 radical (unpaired) electrons. The molecule has 1 aliphatic heterocycles. The number of hydrogen-bond acceptors (Lipinski definition) is 4. The highest BCUT2D eigenvalue weighted by atomic mass is 32.2. The number of benzene rings is 1. The fourth-order valence-electron chi connectivity index (χ4n) is 2.92. The van der Waals surface area contributed by atoms with Gasteiger partial charge < -0.3 is 10.6 Å². The molecule has 0 amide bonds. The predicted molar refractivity (Wildman–Crippen MR) is 102 cm³/mol. The van der Waals surface area contributed by atoms with Gasteiger partial charge in [0.2, 0.25) is 10.0 Å². The van der Waals surface area contributed by atoms with E-state index in [9.17, 15) is 21.6 Å². The van der Waals surface area contributed by atoms with E-state index in [2.05, 4.69) is 20.3 Å². The van der Waals surface area contributed by atoms with E-state index in [0.29, 0.717) is 38.6 Å². The number of rotatable bonds is 7. The first-order chi connectivity index (χ1) is 13.1. The van der Waals surface area contributed by atoms with Gasteiger partial charge in [-0.25, -0.2) is 18.1 Å². The van der Waals surface area contributed by atoms with Crippen LogP contribution in [0.25, 0.3) is 0 Å². The third-order valence-corrected chi connectivity index (χ3v) is 5.71. The Balaban J connectivity index is 1.95. The first-order valence-corrected chi connectivity index (χ1v) is 10.5. The summed E-state index contributed by atoms with van der Waals surface area (Å²) in [6.07, 6.45) is -3.59. The summed E-state index contributed by atoms with van der Waals surface area (Å²) in [7, 11) is -2.14. The van der Waals surface area contributed by atoms with Crippen molar-refractivity contribution in [2.24, 2.45) is 4.99 Å². The second kappa shape index (κ2) is 9.57. The summed E-state index contributed by atoms with van der Waals surface area (Å²) < 4.78 is 63.3. The van der Waals surface area contributed by atoms with E-state index in [-0.39, 0.29) is 10.9 Å². The lowest BCUT2D eigenvalue weighted by Gasteiger charge is -2.19. The zero-order valence-corrected chi connectivity index (χ0v) is 16.7. The Morgan fingerprint density at radius 1 is 1.29 bits per heavy atom. The third-order valence-electron chi connectivity index (χ3n) is 4.28. The van der Waals surface area contributed by atoms with Gasteiger partial charge in [0, 0.05) is 25.7 Å². The van der Waals surface area contributed by atoms with Crippen molar-refractivity contribution < 1.29 is 21.6 Å². The number of nitrogens with one attached hydrogen (secondary N) is 3. The second-order valence-electron chi connectivity index (χ2n) is 6.53. The van der Waals surface area contributed by atoms with E-state index in [4.69, 9.17) is 0 Å². The fraction of sp³-hybridized carbons (Fsp3) is 0.588. The van der Waals surface area contributed by atoms with E-state index in [0.717, 1.165) is 5.56 Å². The number of likely N-dealkylation sites (tertiary alicyclic amines) is 1. The summed E-state index contributed by atoms with van der Waals surface area (Å²) in [6.45, 7) is 2.62. The van der Waals surface area contributed by atoms with Crippen molar-refractivity contribution in [1.29, 1.82) is 0 Å². The molecule has 158 valence electrons. The Hall–Kier alpha value is -1.85. The molecule has 1 aromatic rings. The molecule has 7 nitrogen and oxygen atoms in total. The molecular formula is C17H26F3N5O2S. The summed E-state index contributed by atoms with van der Waals surface area (Å²) in [5, 5.41) is 6.25. The van der Waals surface area contributed by atoms with Crippen LogP contribution in [-0.2, 0) is 16.6 Å². The van der Waals surface area contributed by atoms with Gasteiger partial charge in [0.25, 0.3) is 0 Å². The predicted octanol–water partition coefficient (Wildman–Crippen LogP) is 1.29. The Bertz CT molecular complexity index is 766. The van der Waals surface area contributed by atoms with Crippen LogP contribution < -0.4 is 15.4 Å². The quantitative estimate of drug-likeness (QED) is 0.456. The van der Waals surface area contributed by atoms with Crippen LogP contribution in [-0.4, -0.2) is 64.7 Å². The minimum Gasteiger partial charge on any atom is -0.357 e. The van der Waals surface area contributed by atoms with Crippen molar-refractivity contribution in [3.05, 3.63) is 29.8 Å². The molecule has 1 aromatic carbocycles. The lowest BCUT2D eigenvalue weighted by atomic mass is 10.2. The summed E-state index contributed by atoms with van der Waals surface area (Å²) in [4.78, 5) is 5.99. The highest BCUT2D eigenvalue weighted by molar-refractivity contribution is 7.89. The Morgan fingerprint density at radius 2 is 1.96 bits per heavy atom. The zero-order valence-electron chi connectivity index (χ0n) is 15.9. The topological polar surface area (TPSA) is 85.8 Å². The summed E-state index contributed by atoms with van der Waals surface area (Å²) in [5.41, 5.74) is 0.817. The van der Waals surface area contributed by atoms with Crippen LogP contribution in [0.2, 0.25) is 0 Å². The van der Waals surface area contributed by atoms with E-state index >= 15 is 0 Å². The molecule has 28 heavy (non-hydrogen) atoms. The highest BCUT2D eigenvalue weighted by Gasteiger charge is 2.34. The number of alkyl halides is 3. The van der Waals surface area contributed by atoms with Crippen molar-refractivity contribution in [3.8, 4) is 0 Å². The van der Waals surface area contributed by atoms with Crippen molar-refractivity contribution in [1.82, 2.24) is 20.3 Å². The van der Waals surface area contributed by atoms with Crippen LogP contribution in [0, 0.1) is 0 Å². The lowest BCUT2D eigenvalue weighted by Crippen LogP contribution is -2.45. The van der Waals surface area contributed by atoms with Gasteiger partial charge in [0.1, 0.15) is 0 Å². The first-order valence-electron chi connectivity index (χ1n) is 8.99. The number of guanidine groups is 1. The van der Waals surface area contributed by atoms with E-state index in [1.165, 1.54) is 24.1 Å². The van der Waals surface area contributed by atoms with Crippen LogP contribution in [0.3, 0.4) is 0 Å². The van der Waals surface area contributed by atoms with Gasteiger partial charge in [-0.15, -0.1) is 0 Å². The average Bonchev–Trinajstić information content (AvgIpc) is 3.05. The summed E-state index contributed by atoms with van der Waals surface area (Å²) in [5.74, 6) is 0.522. The molecule has 0 bridgehead atoms. The Morgan fingerprint density at radius 3 is 2.54 bits per heavy atom. The molecule has 0 aliphatic carbocycles. The molecule has 0 aromatic heterocycles. The van der Waals surface area contributed by atoms with Gasteiger partial charge in [-0.05, 0) is 38.1 Å². The molecule has 11 heteroatoms. The first kappa shape index (κ1) is 22.4. The maximum absolute atomic E-state index is 12.5. The minimum atomic E-state index is -4.19. The molecule has 1 saturated heterocycles. The highest BCUT2D eigenvalue weighted by Crippen LogP contribution is 2.20. The number of hydrogen-bond donors (Lipinski definition) is 3. The minimum absolute atomic E-state index is 0.108. The number of halogens is 3. The Labute approximate surface area is 163 Å². The van der Waals surface area contributed by atoms with E-state index in [1.54, 1.807) is 12.1 Å². The van der Waals surface area contributed by atoms with Crippen LogP contribution in [0.15, 0.2) is 34.2 Å². The standard InChI is InChI=1S/C17H26F3N5O2S/c1-3-22-16(24-14-8-9-25(11-14)12-17(18,19)20)23-10-13-4-6-15(7-5-13)28(26,27)21-2/h4-7,14,21H,3,8-12H2,1-2H3,(H2,22,23,24). The SMILES string of the molecule is CCNC(=NCc1ccc(S(=O)(=O)NC)cc1)NC1CCN(CC(F)(F)F)C1.